The van der Waals surface area contributed by atoms with Gasteiger partial charge in [-0.2, -0.15) is 0 Å². The number of rotatable bonds is 7. The average Bonchev–Trinajstić information content (AvgIpc) is 2.73. The third kappa shape index (κ3) is 4.35. The fourth-order valence-electron chi connectivity index (χ4n) is 1.08. The number of carbonyl (C=O) groups is 2. The summed E-state index contributed by atoms with van der Waals surface area (Å²) < 4.78 is 0. The molecule has 0 aliphatic rings. The molecule has 18 heavy (non-hydrogen) atoms. The van der Waals surface area contributed by atoms with Gasteiger partial charge in [0.15, 0.2) is 5.16 Å². The summed E-state index contributed by atoms with van der Waals surface area (Å²) in [5.74, 6) is -2.00. The molecule has 0 fully saturated rings. The van der Waals surface area contributed by atoms with Gasteiger partial charge < -0.3 is 26.7 Å². The number of aromatic nitrogens is 2. The molecule has 100 valence electrons. The van der Waals surface area contributed by atoms with Crippen LogP contribution in [0.4, 0.5) is 0 Å². The highest BCUT2D eigenvalue weighted by Crippen LogP contribution is 2.15. The van der Waals surface area contributed by atoms with Crippen molar-refractivity contribution >= 4 is 23.7 Å². The lowest BCUT2D eigenvalue weighted by molar-refractivity contribution is -0.139. The number of H-pyrrole nitrogens is 1. The van der Waals surface area contributed by atoms with Crippen LogP contribution in [0.15, 0.2) is 11.4 Å². The molecule has 0 saturated carbocycles. The van der Waals surface area contributed by atoms with Gasteiger partial charge in [-0.25, -0.2) is 4.98 Å². The van der Waals surface area contributed by atoms with E-state index in [-0.39, 0.29) is 12.2 Å². The molecule has 1 aromatic rings. The Morgan fingerprint density at radius 1 is 1.33 bits per heavy atom. The summed E-state index contributed by atoms with van der Waals surface area (Å²) in [6, 6.07) is -1.96. The van der Waals surface area contributed by atoms with Gasteiger partial charge in [-0.15, -0.1) is 0 Å². The second-order valence-corrected chi connectivity index (χ2v) is 4.63. The fourth-order valence-corrected chi connectivity index (χ4v) is 1.89. The molecule has 0 unspecified atom stereocenters. The maximum absolute atomic E-state index is 10.6. The van der Waals surface area contributed by atoms with Gasteiger partial charge >= 0.3 is 11.9 Å². The van der Waals surface area contributed by atoms with E-state index in [4.69, 9.17) is 21.7 Å². The summed E-state index contributed by atoms with van der Waals surface area (Å²) in [5.41, 5.74) is 11.3. The lowest BCUT2D eigenvalue weighted by Crippen LogP contribution is -2.32. The van der Waals surface area contributed by atoms with Crippen LogP contribution in [-0.2, 0) is 16.0 Å². The largest absolute Gasteiger partial charge is 0.480 e. The van der Waals surface area contributed by atoms with Crippen molar-refractivity contribution in [2.75, 3.05) is 5.75 Å². The molecule has 0 aromatic carbocycles. The zero-order chi connectivity index (χ0) is 13.7. The summed E-state index contributed by atoms with van der Waals surface area (Å²) in [5, 5.41) is 17.7. The Bertz CT molecular complexity index is 436. The van der Waals surface area contributed by atoms with Crippen molar-refractivity contribution in [2.24, 2.45) is 11.5 Å². The SMILES string of the molecule is N[C@@H](CSc1ncc(C[C@H](N)C(=O)O)[nH]1)C(=O)O. The molecule has 0 bridgehead atoms. The van der Waals surface area contributed by atoms with E-state index in [9.17, 15) is 9.59 Å². The van der Waals surface area contributed by atoms with Crippen LogP contribution in [0.5, 0.6) is 0 Å². The number of hydrogen-bond acceptors (Lipinski definition) is 6. The van der Waals surface area contributed by atoms with Crippen molar-refractivity contribution in [3.63, 3.8) is 0 Å². The molecule has 0 amide bonds. The van der Waals surface area contributed by atoms with E-state index in [1.54, 1.807) is 0 Å². The number of imidazole rings is 1. The molecule has 7 N–H and O–H groups in total. The van der Waals surface area contributed by atoms with E-state index in [1.165, 1.54) is 6.20 Å². The first kappa shape index (κ1) is 14.5. The topological polar surface area (TPSA) is 155 Å². The van der Waals surface area contributed by atoms with Gasteiger partial charge in [-0.1, -0.05) is 11.8 Å². The number of carboxylic acids is 2. The first-order chi connectivity index (χ1) is 8.40. The summed E-state index contributed by atoms with van der Waals surface area (Å²) in [7, 11) is 0. The van der Waals surface area contributed by atoms with E-state index < -0.39 is 24.0 Å². The van der Waals surface area contributed by atoms with E-state index in [0.717, 1.165) is 11.8 Å². The van der Waals surface area contributed by atoms with Crippen LogP contribution in [0.1, 0.15) is 5.69 Å². The number of nitrogens with one attached hydrogen (secondary N) is 1. The first-order valence-corrected chi connectivity index (χ1v) is 6.02. The van der Waals surface area contributed by atoms with E-state index in [2.05, 4.69) is 9.97 Å². The number of thioether (sulfide) groups is 1. The molecule has 1 rings (SSSR count). The quantitative estimate of drug-likeness (QED) is 0.391. The fraction of sp³-hybridized carbons (Fsp3) is 0.444. The summed E-state index contributed by atoms with van der Waals surface area (Å²) >= 11 is 1.15. The highest BCUT2D eigenvalue weighted by Gasteiger charge is 2.15. The van der Waals surface area contributed by atoms with Crippen molar-refractivity contribution < 1.29 is 19.8 Å². The first-order valence-electron chi connectivity index (χ1n) is 5.03. The van der Waals surface area contributed by atoms with Crippen molar-refractivity contribution in [2.45, 2.75) is 23.7 Å². The van der Waals surface area contributed by atoms with Crippen molar-refractivity contribution in [3.8, 4) is 0 Å². The third-order valence-electron chi connectivity index (χ3n) is 2.08. The number of carboxylic acid groups (broad SMARTS) is 2. The average molecular weight is 274 g/mol. The highest BCUT2D eigenvalue weighted by atomic mass is 32.2. The van der Waals surface area contributed by atoms with Crippen molar-refractivity contribution in [1.82, 2.24) is 9.97 Å². The molecule has 9 heteroatoms. The highest BCUT2D eigenvalue weighted by molar-refractivity contribution is 7.99. The Morgan fingerprint density at radius 3 is 2.50 bits per heavy atom. The lowest BCUT2D eigenvalue weighted by Gasteiger charge is -2.04. The lowest BCUT2D eigenvalue weighted by atomic mass is 10.2. The molecule has 0 aliphatic carbocycles. The van der Waals surface area contributed by atoms with Gasteiger partial charge in [-0.05, 0) is 0 Å². The summed E-state index contributed by atoms with van der Waals surface area (Å²) in [6.07, 6.45) is 1.60. The Hall–Kier alpha value is -1.58. The molecule has 0 aliphatic heterocycles. The Balaban J connectivity index is 2.48. The minimum Gasteiger partial charge on any atom is -0.480 e. The van der Waals surface area contributed by atoms with Crippen LogP contribution >= 0.6 is 11.8 Å². The normalized spacial score (nSPS) is 14.1. The second kappa shape index (κ2) is 6.38. The maximum atomic E-state index is 10.6. The maximum Gasteiger partial charge on any atom is 0.321 e. The second-order valence-electron chi connectivity index (χ2n) is 3.62. The van der Waals surface area contributed by atoms with Crippen LogP contribution in [0.3, 0.4) is 0 Å². The van der Waals surface area contributed by atoms with Crippen LogP contribution < -0.4 is 11.5 Å². The third-order valence-corrected chi connectivity index (χ3v) is 3.09. The van der Waals surface area contributed by atoms with E-state index in [0.29, 0.717) is 10.9 Å². The van der Waals surface area contributed by atoms with Gasteiger partial charge in [0.1, 0.15) is 12.1 Å². The molecular formula is C9H14N4O4S. The molecule has 1 heterocycles. The van der Waals surface area contributed by atoms with E-state index >= 15 is 0 Å². The van der Waals surface area contributed by atoms with Gasteiger partial charge in [0, 0.05) is 24.1 Å². The minimum atomic E-state index is -1.09. The van der Waals surface area contributed by atoms with Crippen molar-refractivity contribution in [1.29, 1.82) is 0 Å². The number of aromatic amines is 1. The van der Waals surface area contributed by atoms with Gasteiger partial charge in [0.05, 0.1) is 0 Å². The molecule has 1 aromatic heterocycles. The number of aliphatic carboxylic acids is 2. The van der Waals surface area contributed by atoms with Crippen LogP contribution in [-0.4, -0.2) is 50.0 Å². The predicted molar refractivity (Wildman–Crippen MR) is 64.2 cm³/mol. The number of hydrogen-bond donors (Lipinski definition) is 5. The van der Waals surface area contributed by atoms with Crippen LogP contribution in [0, 0.1) is 0 Å². The molecular weight excluding hydrogens is 260 g/mol. The zero-order valence-corrected chi connectivity index (χ0v) is 10.2. The van der Waals surface area contributed by atoms with Crippen LogP contribution in [0.2, 0.25) is 0 Å². The summed E-state index contributed by atoms with van der Waals surface area (Å²) in [4.78, 5) is 27.9. The monoisotopic (exact) mass is 274 g/mol. The van der Waals surface area contributed by atoms with Crippen LogP contribution in [0.25, 0.3) is 0 Å². The molecule has 0 radical (unpaired) electrons. The van der Waals surface area contributed by atoms with Crippen molar-refractivity contribution in [3.05, 3.63) is 11.9 Å². The minimum absolute atomic E-state index is 0.133. The molecule has 0 spiro atoms. The van der Waals surface area contributed by atoms with Gasteiger partial charge in [0.25, 0.3) is 0 Å². The Labute approximate surface area is 107 Å². The Kier molecular flexibility index (Phi) is 5.13. The molecule has 8 nitrogen and oxygen atoms in total. The van der Waals surface area contributed by atoms with E-state index in [1.807, 2.05) is 0 Å². The molecule has 2 atom stereocenters. The molecule has 0 saturated heterocycles. The van der Waals surface area contributed by atoms with Gasteiger partial charge in [0.2, 0.25) is 0 Å². The van der Waals surface area contributed by atoms with Gasteiger partial charge in [-0.3, -0.25) is 9.59 Å². The number of nitrogens with zero attached hydrogens (tertiary/aromatic N) is 1. The summed E-state index contributed by atoms with van der Waals surface area (Å²) in [6.45, 7) is 0. The predicted octanol–water partition coefficient (Wildman–Crippen LogP) is -1.13. The smallest absolute Gasteiger partial charge is 0.321 e. The standard InChI is InChI=1S/C9H14N4O4S/c10-5(7(14)15)1-4-2-12-9(13-4)18-3-6(11)8(16)17/h2,5-6H,1,3,10-11H2,(H,12,13)(H,14,15)(H,16,17)/t5-,6-/m0/s1. The number of nitrogens with two attached hydrogens (primary N) is 2. The Morgan fingerprint density at radius 2 is 1.94 bits per heavy atom. The zero-order valence-electron chi connectivity index (χ0n) is 9.37.